The summed E-state index contributed by atoms with van der Waals surface area (Å²) >= 11 is 0. The van der Waals surface area contributed by atoms with Gasteiger partial charge in [-0.25, -0.2) is 19.2 Å². The van der Waals surface area contributed by atoms with Gasteiger partial charge in [-0.2, -0.15) is 10.2 Å². The zero-order valence-electron chi connectivity index (χ0n) is 25.1. The molecule has 3 aliphatic heterocycles. The van der Waals surface area contributed by atoms with E-state index in [0.717, 1.165) is 37.3 Å². The van der Waals surface area contributed by atoms with Gasteiger partial charge in [0.2, 0.25) is 5.95 Å². The lowest BCUT2D eigenvalue weighted by Crippen LogP contribution is -2.50. The lowest BCUT2D eigenvalue weighted by Gasteiger charge is -2.35. The molecule has 3 aliphatic rings. The number of amides is 1. The molecular weight excluding hydrogens is 565 g/mol. The van der Waals surface area contributed by atoms with Crippen LogP contribution in [0.2, 0.25) is 0 Å². The summed E-state index contributed by atoms with van der Waals surface area (Å²) in [5, 5.41) is 13.1. The number of nitrogens with zero attached hydrogens (tertiary/aromatic N) is 6. The summed E-state index contributed by atoms with van der Waals surface area (Å²) < 4.78 is 32.3. The van der Waals surface area contributed by atoms with Crippen LogP contribution in [0.1, 0.15) is 45.6 Å². The molecule has 1 N–H and O–H groups in total. The van der Waals surface area contributed by atoms with Crippen LogP contribution in [0, 0.1) is 11.3 Å². The number of hydrogen-bond donors (Lipinski definition) is 1. The van der Waals surface area contributed by atoms with E-state index in [0.29, 0.717) is 29.5 Å². The highest BCUT2D eigenvalue weighted by Gasteiger charge is 2.36. The summed E-state index contributed by atoms with van der Waals surface area (Å²) in [4.78, 5) is 29.1. The predicted molar refractivity (Wildman–Crippen MR) is 162 cm³/mol. The molecule has 0 radical (unpaired) electrons. The van der Waals surface area contributed by atoms with Crippen molar-refractivity contribution in [1.29, 1.82) is 5.26 Å². The van der Waals surface area contributed by atoms with Gasteiger partial charge in [-0.15, -0.1) is 0 Å². The fraction of sp³-hybridized carbons (Fsp3) is 0.469. The third-order valence-electron chi connectivity index (χ3n) is 7.87. The zero-order chi connectivity index (χ0) is 30.8. The maximum Gasteiger partial charge on any atom is 0.410 e. The molecular formula is C32H36FN7O4. The summed E-state index contributed by atoms with van der Waals surface area (Å²) in [6.07, 6.45) is 1.79. The number of piperidine rings is 1. The highest BCUT2D eigenvalue weighted by molar-refractivity contribution is 5.68. The first kappa shape index (κ1) is 29.6. The Hall–Kier alpha value is -4.50. The fourth-order valence-electron chi connectivity index (χ4n) is 5.74. The number of rotatable bonds is 6. The molecule has 3 aromatic rings. The van der Waals surface area contributed by atoms with Gasteiger partial charge in [0.05, 0.1) is 24.3 Å². The number of hydrogen-bond acceptors (Lipinski definition) is 10. The molecule has 3 saturated heterocycles. The molecule has 44 heavy (non-hydrogen) atoms. The smallest absolute Gasteiger partial charge is 0.410 e. The van der Waals surface area contributed by atoms with Crippen LogP contribution in [0.15, 0.2) is 48.8 Å². The Balaban J connectivity index is 1.09. The summed E-state index contributed by atoms with van der Waals surface area (Å²) in [6, 6.07) is 15.2. The van der Waals surface area contributed by atoms with Gasteiger partial charge in [-0.1, -0.05) is 0 Å². The number of benzene rings is 2. The quantitative estimate of drug-likeness (QED) is 0.401. The number of fused-ring (bicyclic) bond motifs is 2. The first-order valence-electron chi connectivity index (χ1n) is 14.9. The minimum atomic E-state index is -1.43. The molecule has 0 aliphatic carbocycles. The topological polar surface area (TPSA) is 126 Å². The number of nitriles is 1. The number of carbonyl (C=O) groups excluding carboxylic acids is 1. The summed E-state index contributed by atoms with van der Waals surface area (Å²) in [5.41, 5.74) is 2.15. The van der Waals surface area contributed by atoms with Gasteiger partial charge in [0.15, 0.2) is 12.0 Å². The van der Waals surface area contributed by atoms with Gasteiger partial charge in [0, 0.05) is 43.0 Å². The zero-order valence-corrected chi connectivity index (χ0v) is 25.1. The van der Waals surface area contributed by atoms with Gasteiger partial charge >= 0.3 is 6.09 Å². The van der Waals surface area contributed by atoms with Crippen molar-refractivity contribution in [2.45, 2.75) is 70.1 Å². The minimum absolute atomic E-state index is 0.142. The van der Waals surface area contributed by atoms with Crippen molar-refractivity contribution in [3.05, 3.63) is 54.4 Å². The van der Waals surface area contributed by atoms with Crippen molar-refractivity contribution in [2.75, 3.05) is 36.4 Å². The molecule has 0 unspecified atom stereocenters. The molecule has 1 amide bonds. The van der Waals surface area contributed by atoms with E-state index in [9.17, 15) is 10.1 Å². The van der Waals surface area contributed by atoms with Crippen LogP contribution in [-0.2, 0) is 9.47 Å². The largest absolute Gasteiger partial charge is 0.486 e. The van der Waals surface area contributed by atoms with Crippen LogP contribution in [-0.4, -0.2) is 82.2 Å². The Labute approximate surface area is 256 Å². The maximum atomic E-state index is 15.0. The maximum absolute atomic E-state index is 15.0. The number of aromatic nitrogens is 3. The summed E-state index contributed by atoms with van der Waals surface area (Å²) in [7, 11) is 0. The lowest BCUT2D eigenvalue weighted by atomic mass is 10.1. The Morgan fingerprint density at radius 3 is 2.50 bits per heavy atom. The number of ether oxygens (including phenoxy) is 3. The second-order valence-electron chi connectivity index (χ2n) is 12.4. The molecule has 1 aromatic heterocycles. The summed E-state index contributed by atoms with van der Waals surface area (Å²) in [5.74, 6) is 0.999. The highest BCUT2D eigenvalue weighted by Crippen LogP contribution is 2.31. The highest BCUT2D eigenvalue weighted by atomic mass is 19.1. The molecule has 0 spiro atoms. The number of likely N-dealkylation sites (tertiary alicyclic amines) is 1. The molecule has 3 fully saturated rings. The van der Waals surface area contributed by atoms with E-state index in [-0.39, 0.29) is 30.8 Å². The minimum Gasteiger partial charge on any atom is -0.486 e. The molecule has 6 rings (SSSR count). The van der Waals surface area contributed by atoms with Crippen LogP contribution in [0.3, 0.4) is 0 Å². The van der Waals surface area contributed by atoms with Crippen LogP contribution in [0.25, 0.3) is 11.4 Å². The number of nitrogens with one attached hydrogen (secondary N) is 1. The molecule has 2 aromatic carbocycles. The van der Waals surface area contributed by atoms with E-state index in [4.69, 9.17) is 14.2 Å². The average Bonchev–Trinajstić information content (AvgIpc) is 3.34. The van der Waals surface area contributed by atoms with Crippen molar-refractivity contribution in [2.24, 2.45) is 0 Å². The van der Waals surface area contributed by atoms with E-state index in [1.54, 1.807) is 39.0 Å². The van der Waals surface area contributed by atoms with Crippen LogP contribution in [0.5, 0.6) is 5.75 Å². The van der Waals surface area contributed by atoms with E-state index in [1.165, 1.54) is 11.2 Å². The van der Waals surface area contributed by atoms with Crippen molar-refractivity contribution < 1.29 is 23.4 Å². The normalized spacial score (nSPS) is 23.2. The molecule has 230 valence electrons. The van der Waals surface area contributed by atoms with Gasteiger partial charge < -0.3 is 29.3 Å². The number of alkyl halides is 1. The van der Waals surface area contributed by atoms with Crippen LogP contribution < -0.4 is 15.0 Å². The second-order valence-corrected chi connectivity index (χ2v) is 12.4. The number of morpholine rings is 1. The first-order chi connectivity index (χ1) is 21.1. The fourth-order valence-corrected chi connectivity index (χ4v) is 5.74. The monoisotopic (exact) mass is 601 g/mol. The SMILES string of the molecule is CC(C)(C)OC(=O)N1CC[C@H](Oc2ccc(-c3ncnc(Nc4ccc(N5C[C@@H]6CC[C@@H](C5)O6)cc4)n3)cc2C#N)[C@@H](F)C1. The molecule has 11 nitrogen and oxygen atoms in total. The van der Waals surface area contributed by atoms with E-state index in [1.807, 2.05) is 12.1 Å². The third-order valence-corrected chi connectivity index (χ3v) is 7.87. The van der Waals surface area contributed by atoms with Crippen LogP contribution >= 0.6 is 0 Å². The average molecular weight is 602 g/mol. The van der Waals surface area contributed by atoms with Crippen molar-refractivity contribution in [1.82, 2.24) is 19.9 Å². The second kappa shape index (κ2) is 12.2. The van der Waals surface area contributed by atoms with Crippen LogP contribution in [0.4, 0.5) is 26.5 Å². The first-order valence-corrected chi connectivity index (χ1v) is 14.9. The van der Waals surface area contributed by atoms with E-state index >= 15 is 4.39 Å². The van der Waals surface area contributed by atoms with Crippen molar-refractivity contribution in [3.8, 4) is 23.2 Å². The van der Waals surface area contributed by atoms with E-state index < -0.39 is 24.0 Å². The number of halogens is 1. The van der Waals surface area contributed by atoms with Crippen molar-refractivity contribution in [3.63, 3.8) is 0 Å². The third kappa shape index (κ3) is 6.83. The van der Waals surface area contributed by atoms with Gasteiger partial charge in [0.25, 0.3) is 0 Å². The van der Waals surface area contributed by atoms with Gasteiger partial charge in [0.1, 0.15) is 29.9 Å². The van der Waals surface area contributed by atoms with Gasteiger partial charge in [-0.3, -0.25) is 0 Å². The van der Waals surface area contributed by atoms with E-state index in [2.05, 4.69) is 43.4 Å². The standard InChI is InChI=1S/C32H36FN7O4/c1-32(2,3)44-31(41)39-13-12-28(26(33)18-39)43-27-11-4-20(14-21(27)15-34)29-35-19-36-30(38-29)37-22-5-7-23(8-6-22)40-16-24-9-10-25(17-40)42-24/h4-8,11,14,19,24-26,28H,9-10,12-13,16-18H2,1-3H3,(H,35,36,37,38)/t24-,25-,26-,28-/m0/s1. The molecule has 12 heteroatoms. The molecule has 4 heterocycles. The molecule has 4 atom stereocenters. The lowest BCUT2D eigenvalue weighted by molar-refractivity contribution is -0.0106. The molecule has 2 bridgehead atoms. The Morgan fingerprint density at radius 1 is 1.07 bits per heavy atom. The number of anilines is 3. The van der Waals surface area contributed by atoms with Gasteiger partial charge in [-0.05, 0) is 76.1 Å². The molecule has 0 saturated carbocycles. The number of carbonyl (C=O) groups is 1. The summed E-state index contributed by atoms with van der Waals surface area (Å²) in [6.45, 7) is 7.27. The Bertz CT molecular complexity index is 1530. The predicted octanol–water partition coefficient (Wildman–Crippen LogP) is 5.25. The van der Waals surface area contributed by atoms with Crippen molar-refractivity contribution >= 4 is 23.4 Å². The Kier molecular flexibility index (Phi) is 8.23. The Morgan fingerprint density at radius 2 is 1.82 bits per heavy atom.